The fourth-order valence-corrected chi connectivity index (χ4v) is 2.31. The molecule has 0 N–H and O–H groups in total. The van der Waals surface area contributed by atoms with Gasteiger partial charge in [-0.15, -0.1) is 0 Å². The number of benzene rings is 1. The van der Waals surface area contributed by atoms with Crippen LogP contribution in [0.5, 0.6) is 0 Å². The van der Waals surface area contributed by atoms with Gasteiger partial charge >= 0.3 is 0 Å². The number of aryl methyl sites for hydroxylation is 3. The molecule has 0 saturated carbocycles. The first-order chi connectivity index (χ1) is 8.18. The first kappa shape index (κ1) is 10.1. The molecule has 0 saturated heterocycles. The molecule has 0 bridgehead atoms. The Labute approximate surface area is 100 Å². The average molecular weight is 225 g/mol. The summed E-state index contributed by atoms with van der Waals surface area (Å²) in [6.07, 6.45) is 0. The molecule has 3 heteroatoms. The van der Waals surface area contributed by atoms with Gasteiger partial charge in [0, 0.05) is 25.4 Å². The number of rotatable bonds is 1. The molecule has 86 valence electrons. The van der Waals surface area contributed by atoms with E-state index in [1.54, 1.807) is 0 Å². The van der Waals surface area contributed by atoms with Crippen molar-refractivity contribution in [2.45, 2.75) is 6.92 Å². The van der Waals surface area contributed by atoms with E-state index in [0.717, 1.165) is 16.9 Å². The third kappa shape index (κ3) is 1.39. The summed E-state index contributed by atoms with van der Waals surface area (Å²) < 4.78 is 4.33. The summed E-state index contributed by atoms with van der Waals surface area (Å²) in [6, 6.07) is 12.4. The zero-order valence-corrected chi connectivity index (χ0v) is 10.3. The predicted molar refractivity (Wildman–Crippen MR) is 69.9 cm³/mol. The number of imidazole rings is 1. The average Bonchev–Trinajstić information content (AvgIpc) is 2.80. The summed E-state index contributed by atoms with van der Waals surface area (Å²) in [5.74, 6) is 1.02. The lowest BCUT2D eigenvalue weighted by molar-refractivity contribution is 0.842. The van der Waals surface area contributed by atoms with Gasteiger partial charge in [-0.1, -0.05) is 30.3 Å². The van der Waals surface area contributed by atoms with Gasteiger partial charge in [0.15, 0.2) is 0 Å². The topological polar surface area (TPSA) is 22.8 Å². The van der Waals surface area contributed by atoms with Gasteiger partial charge < -0.3 is 9.13 Å². The molecule has 0 aliphatic carbocycles. The number of fused-ring (bicyclic) bond motifs is 1. The second kappa shape index (κ2) is 3.48. The van der Waals surface area contributed by atoms with E-state index < -0.39 is 0 Å². The van der Waals surface area contributed by atoms with Crippen LogP contribution in [0.2, 0.25) is 0 Å². The number of aromatic nitrogens is 3. The number of hydrogen-bond acceptors (Lipinski definition) is 1. The quantitative estimate of drug-likeness (QED) is 0.624. The Morgan fingerprint density at radius 2 is 1.71 bits per heavy atom. The molecular formula is C14H15N3. The SMILES string of the molecule is Cc1cc2nc(-c3ccccc3)n(C)c2n1C. The van der Waals surface area contributed by atoms with Crippen LogP contribution in [0.25, 0.3) is 22.6 Å². The summed E-state index contributed by atoms with van der Waals surface area (Å²) >= 11 is 0. The van der Waals surface area contributed by atoms with E-state index in [1.807, 2.05) is 18.2 Å². The largest absolute Gasteiger partial charge is 0.333 e. The maximum atomic E-state index is 4.71. The Morgan fingerprint density at radius 3 is 2.35 bits per heavy atom. The standard InChI is InChI=1S/C14H15N3/c1-10-9-12-14(16(10)2)17(3)13(15-12)11-7-5-4-6-8-11/h4-9H,1-3H3. The Hall–Kier alpha value is -2.03. The number of hydrogen-bond donors (Lipinski definition) is 0. The molecule has 3 aromatic rings. The van der Waals surface area contributed by atoms with E-state index in [4.69, 9.17) is 4.98 Å². The highest BCUT2D eigenvalue weighted by Crippen LogP contribution is 2.25. The highest BCUT2D eigenvalue weighted by Gasteiger charge is 2.13. The van der Waals surface area contributed by atoms with Crippen LogP contribution in [0.3, 0.4) is 0 Å². The molecule has 3 nitrogen and oxygen atoms in total. The fourth-order valence-electron chi connectivity index (χ4n) is 2.31. The van der Waals surface area contributed by atoms with Gasteiger partial charge in [-0.25, -0.2) is 4.98 Å². The van der Waals surface area contributed by atoms with Crippen LogP contribution in [-0.4, -0.2) is 14.1 Å². The van der Waals surface area contributed by atoms with Crippen molar-refractivity contribution < 1.29 is 0 Å². The molecule has 0 aliphatic heterocycles. The summed E-state index contributed by atoms with van der Waals surface area (Å²) in [4.78, 5) is 4.71. The van der Waals surface area contributed by atoms with E-state index >= 15 is 0 Å². The van der Waals surface area contributed by atoms with E-state index in [0.29, 0.717) is 0 Å². The molecule has 0 fully saturated rings. The first-order valence-corrected chi connectivity index (χ1v) is 5.72. The minimum Gasteiger partial charge on any atom is -0.333 e. The van der Waals surface area contributed by atoms with Crippen LogP contribution in [0.15, 0.2) is 36.4 Å². The molecular weight excluding hydrogens is 210 g/mol. The van der Waals surface area contributed by atoms with Crippen LogP contribution in [-0.2, 0) is 14.1 Å². The van der Waals surface area contributed by atoms with Crippen molar-refractivity contribution in [3.05, 3.63) is 42.1 Å². The van der Waals surface area contributed by atoms with Crippen molar-refractivity contribution in [2.24, 2.45) is 14.1 Å². The molecule has 0 spiro atoms. The normalized spacial score (nSPS) is 11.2. The molecule has 1 aromatic carbocycles. The minimum atomic E-state index is 1.02. The smallest absolute Gasteiger partial charge is 0.142 e. The van der Waals surface area contributed by atoms with Crippen LogP contribution >= 0.6 is 0 Å². The van der Waals surface area contributed by atoms with Gasteiger partial charge in [0.2, 0.25) is 0 Å². The Kier molecular flexibility index (Phi) is 2.08. The monoisotopic (exact) mass is 225 g/mol. The Bertz CT molecular complexity index is 674. The Morgan fingerprint density at radius 1 is 1.00 bits per heavy atom. The third-order valence-electron chi connectivity index (χ3n) is 3.32. The summed E-state index contributed by atoms with van der Waals surface area (Å²) in [5, 5.41) is 0. The number of nitrogens with zero attached hydrogens (tertiary/aromatic N) is 3. The maximum absolute atomic E-state index is 4.71. The summed E-state index contributed by atoms with van der Waals surface area (Å²) in [5.41, 5.74) is 4.62. The lowest BCUT2D eigenvalue weighted by Crippen LogP contribution is -1.99. The predicted octanol–water partition coefficient (Wildman–Crippen LogP) is 2.89. The van der Waals surface area contributed by atoms with E-state index in [-0.39, 0.29) is 0 Å². The molecule has 0 radical (unpaired) electrons. The Balaban J connectivity index is 2.30. The minimum absolute atomic E-state index is 1.02. The first-order valence-electron chi connectivity index (χ1n) is 5.72. The summed E-state index contributed by atoms with van der Waals surface area (Å²) in [7, 11) is 4.14. The van der Waals surface area contributed by atoms with Gasteiger partial charge in [-0.2, -0.15) is 0 Å². The lowest BCUT2D eigenvalue weighted by atomic mass is 10.2. The molecule has 0 unspecified atom stereocenters. The van der Waals surface area contributed by atoms with Crippen molar-refractivity contribution in [2.75, 3.05) is 0 Å². The van der Waals surface area contributed by atoms with Crippen molar-refractivity contribution in [1.29, 1.82) is 0 Å². The van der Waals surface area contributed by atoms with Crippen molar-refractivity contribution in [1.82, 2.24) is 14.1 Å². The van der Waals surface area contributed by atoms with E-state index in [2.05, 4.69) is 48.4 Å². The van der Waals surface area contributed by atoms with Crippen molar-refractivity contribution >= 4 is 11.2 Å². The van der Waals surface area contributed by atoms with Crippen LogP contribution in [0, 0.1) is 6.92 Å². The van der Waals surface area contributed by atoms with Crippen molar-refractivity contribution in [3.63, 3.8) is 0 Å². The molecule has 0 amide bonds. The van der Waals surface area contributed by atoms with Crippen LogP contribution in [0.1, 0.15) is 5.69 Å². The van der Waals surface area contributed by atoms with E-state index in [9.17, 15) is 0 Å². The third-order valence-corrected chi connectivity index (χ3v) is 3.32. The van der Waals surface area contributed by atoms with Gasteiger partial charge in [0.05, 0.1) is 0 Å². The van der Waals surface area contributed by atoms with Crippen LogP contribution in [0.4, 0.5) is 0 Å². The second-order valence-corrected chi connectivity index (χ2v) is 4.41. The van der Waals surface area contributed by atoms with Crippen LogP contribution < -0.4 is 0 Å². The highest BCUT2D eigenvalue weighted by atomic mass is 15.2. The molecule has 0 atom stereocenters. The lowest BCUT2D eigenvalue weighted by Gasteiger charge is -2.04. The van der Waals surface area contributed by atoms with Gasteiger partial charge in [-0.05, 0) is 13.0 Å². The van der Waals surface area contributed by atoms with Gasteiger partial charge in [0.1, 0.15) is 17.0 Å². The fraction of sp³-hybridized carbons (Fsp3) is 0.214. The molecule has 2 aromatic heterocycles. The van der Waals surface area contributed by atoms with Gasteiger partial charge in [0.25, 0.3) is 0 Å². The molecule has 17 heavy (non-hydrogen) atoms. The van der Waals surface area contributed by atoms with Gasteiger partial charge in [-0.3, -0.25) is 0 Å². The van der Waals surface area contributed by atoms with Crippen molar-refractivity contribution in [3.8, 4) is 11.4 Å². The second-order valence-electron chi connectivity index (χ2n) is 4.41. The zero-order chi connectivity index (χ0) is 12.0. The molecule has 2 heterocycles. The van der Waals surface area contributed by atoms with E-state index in [1.165, 1.54) is 11.3 Å². The zero-order valence-electron chi connectivity index (χ0n) is 10.3. The molecule has 0 aliphatic rings. The summed E-state index contributed by atoms with van der Waals surface area (Å²) in [6.45, 7) is 2.10. The maximum Gasteiger partial charge on any atom is 0.142 e. The molecule has 3 rings (SSSR count). The highest BCUT2D eigenvalue weighted by molar-refractivity contribution is 5.79.